The van der Waals surface area contributed by atoms with E-state index in [0.29, 0.717) is 12.1 Å². The van der Waals surface area contributed by atoms with Gasteiger partial charge in [-0.1, -0.05) is 28.1 Å². The zero-order valence-corrected chi connectivity index (χ0v) is 11.6. The normalized spacial score (nSPS) is 10.1. The fourth-order valence-corrected chi connectivity index (χ4v) is 1.98. The molecule has 3 nitrogen and oxygen atoms in total. The Hall–Kier alpha value is -1.68. The number of rotatable bonds is 3. The third-order valence-corrected chi connectivity index (χ3v) is 3.11. The summed E-state index contributed by atoms with van der Waals surface area (Å²) >= 11 is 3.37. The molecule has 1 heterocycles. The van der Waals surface area contributed by atoms with E-state index in [1.165, 1.54) is 0 Å². The van der Waals surface area contributed by atoms with Crippen molar-refractivity contribution in [2.45, 2.75) is 13.5 Å². The third-order valence-electron chi connectivity index (χ3n) is 2.62. The number of carbonyl (C=O) groups excluding carboxylic acids is 1. The Morgan fingerprint density at radius 3 is 2.94 bits per heavy atom. The lowest BCUT2D eigenvalue weighted by Gasteiger charge is -2.08. The van der Waals surface area contributed by atoms with Gasteiger partial charge in [0.15, 0.2) is 0 Å². The van der Waals surface area contributed by atoms with E-state index in [1.807, 2.05) is 37.3 Å². The fourth-order valence-electron chi connectivity index (χ4n) is 1.62. The summed E-state index contributed by atoms with van der Waals surface area (Å²) in [6.07, 6.45) is 3.46. The molecule has 1 aromatic heterocycles. The van der Waals surface area contributed by atoms with E-state index in [2.05, 4.69) is 26.2 Å². The topological polar surface area (TPSA) is 42.0 Å². The number of nitrogens with one attached hydrogen (secondary N) is 1. The van der Waals surface area contributed by atoms with Crippen molar-refractivity contribution in [1.29, 1.82) is 0 Å². The van der Waals surface area contributed by atoms with Crippen LogP contribution in [0.1, 0.15) is 21.5 Å². The predicted octanol–water partition coefficient (Wildman–Crippen LogP) is 3.08. The first-order chi connectivity index (χ1) is 8.66. The van der Waals surface area contributed by atoms with Gasteiger partial charge in [-0.15, -0.1) is 0 Å². The van der Waals surface area contributed by atoms with Crippen LogP contribution in [-0.4, -0.2) is 10.9 Å². The molecule has 0 radical (unpaired) electrons. The second-order valence-electron chi connectivity index (χ2n) is 4.00. The number of hydrogen-bond donors (Lipinski definition) is 1. The van der Waals surface area contributed by atoms with Crippen LogP contribution in [0.4, 0.5) is 0 Å². The Morgan fingerprint density at radius 1 is 1.39 bits per heavy atom. The maximum Gasteiger partial charge on any atom is 0.251 e. The molecule has 0 bridgehead atoms. The van der Waals surface area contributed by atoms with Crippen molar-refractivity contribution in [3.8, 4) is 0 Å². The highest BCUT2D eigenvalue weighted by atomic mass is 79.9. The molecule has 0 aliphatic heterocycles. The van der Waals surface area contributed by atoms with E-state index in [-0.39, 0.29) is 5.91 Å². The molecule has 1 N–H and O–H groups in total. The van der Waals surface area contributed by atoms with Crippen LogP contribution in [0.15, 0.2) is 47.2 Å². The highest BCUT2D eigenvalue weighted by Crippen LogP contribution is 2.16. The Bertz CT molecular complexity index is 555. The van der Waals surface area contributed by atoms with Gasteiger partial charge in [0.05, 0.1) is 0 Å². The number of halogens is 1. The van der Waals surface area contributed by atoms with Gasteiger partial charge in [-0.2, -0.15) is 0 Å². The number of carbonyl (C=O) groups is 1. The summed E-state index contributed by atoms with van der Waals surface area (Å²) < 4.78 is 0.902. The molecular weight excluding hydrogens is 292 g/mol. The maximum absolute atomic E-state index is 12.0. The van der Waals surface area contributed by atoms with E-state index < -0.39 is 0 Å². The van der Waals surface area contributed by atoms with Gasteiger partial charge in [-0.25, -0.2) is 0 Å². The second-order valence-corrected chi connectivity index (χ2v) is 4.92. The van der Waals surface area contributed by atoms with Crippen LogP contribution in [0.3, 0.4) is 0 Å². The molecule has 0 saturated carbocycles. The van der Waals surface area contributed by atoms with Gasteiger partial charge >= 0.3 is 0 Å². The summed E-state index contributed by atoms with van der Waals surface area (Å²) in [5.74, 6) is -0.0716. The van der Waals surface area contributed by atoms with Crippen LogP contribution < -0.4 is 5.32 Å². The first-order valence-electron chi connectivity index (χ1n) is 5.60. The van der Waals surface area contributed by atoms with Gasteiger partial charge in [-0.3, -0.25) is 9.78 Å². The Labute approximate surface area is 114 Å². The molecule has 0 aliphatic rings. The molecule has 0 saturated heterocycles. The van der Waals surface area contributed by atoms with Crippen LogP contribution in [0.5, 0.6) is 0 Å². The first kappa shape index (κ1) is 12.8. The lowest BCUT2D eigenvalue weighted by atomic mass is 10.1. The fraction of sp³-hybridized carbons (Fsp3) is 0.143. The summed E-state index contributed by atoms with van der Waals surface area (Å²) in [5, 5.41) is 2.88. The van der Waals surface area contributed by atoms with Gasteiger partial charge in [0.2, 0.25) is 0 Å². The van der Waals surface area contributed by atoms with Gasteiger partial charge < -0.3 is 5.32 Å². The lowest BCUT2D eigenvalue weighted by Crippen LogP contribution is -2.23. The van der Waals surface area contributed by atoms with Crippen LogP contribution in [0.2, 0.25) is 0 Å². The molecule has 1 amide bonds. The number of nitrogens with zero attached hydrogens (tertiary/aromatic N) is 1. The Balaban J connectivity index is 2.06. The molecular formula is C14H13BrN2O. The van der Waals surface area contributed by atoms with E-state index in [4.69, 9.17) is 0 Å². The van der Waals surface area contributed by atoms with E-state index in [1.54, 1.807) is 12.4 Å². The molecule has 18 heavy (non-hydrogen) atoms. The number of pyridine rings is 1. The average molecular weight is 305 g/mol. The minimum atomic E-state index is -0.0716. The van der Waals surface area contributed by atoms with Crippen molar-refractivity contribution in [2.24, 2.45) is 0 Å². The van der Waals surface area contributed by atoms with E-state index in [9.17, 15) is 4.79 Å². The van der Waals surface area contributed by atoms with Crippen molar-refractivity contribution >= 4 is 21.8 Å². The summed E-state index contributed by atoms with van der Waals surface area (Å²) in [6.45, 7) is 2.41. The maximum atomic E-state index is 12.0. The molecule has 0 spiro atoms. The predicted molar refractivity (Wildman–Crippen MR) is 74.3 cm³/mol. The molecule has 0 atom stereocenters. The van der Waals surface area contributed by atoms with Crippen molar-refractivity contribution in [1.82, 2.24) is 10.3 Å². The van der Waals surface area contributed by atoms with Crippen LogP contribution in [0, 0.1) is 6.92 Å². The number of amides is 1. The molecule has 2 aromatic rings. The molecule has 2 rings (SSSR count). The van der Waals surface area contributed by atoms with Gasteiger partial charge in [-0.05, 0) is 36.2 Å². The average Bonchev–Trinajstić information content (AvgIpc) is 2.40. The summed E-state index contributed by atoms with van der Waals surface area (Å²) in [5.41, 5.74) is 2.63. The molecule has 0 fully saturated rings. The summed E-state index contributed by atoms with van der Waals surface area (Å²) in [7, 11) is 0. The quantitative estimate of drug-likeness (QED) is 0.947. The highest BCUT2D eigenvalue weighted by Gasteiger charge is 2.08. The zero-order valence-electron chi connectivity index (χ0n) is 9.98. The third kappa shape index (κ3) is 3.17. The van der Waals surface area contributed by atoms with Crippen molar-refractivity contribution in [2.75, 3.05) is 0 Å². The number of hydrogen-bond acceptors (Lipinski definition) is 2. The Kier molecular flexibility index (Phi) is 4.10. The highest BCUT2D eigenvalue weighted by molar-refractivity contribution is 9.10. The molecule has 92 valence electrons. The minimum Gasteiger partial charge on any atom is -0.348 e. The smallest absolute Gasteiger partial charge is 0.251 e. The van der Waals surface area contributed by atoms with Crippen molar-refractivity contribution in [3.63, 3.8) is 0 Å². The van der Waals surface area contributed by atoms with Crippen LogP contribution in [-0.2, 0) is 6.54 Å². The standard InChI is InChI=1S/C14H13BrN2O/c1-10-4-5-12(15)7-13(10)14(18)17-9-11-3-2-6-16-8-11/h2-8H,9H2,1H3,(H,17,18). The van der Waals surface area contributed by atoms with Crippen LogP contribution >= 0.6 is 15.9 Å². The van der Waals surface area contributed by atoms with Gasteiger partial charge in [0.1, 0.15) is 0 Å². The zero-order chi connectivity index (χ0) is 13.0. The SMILES string of the molecule is Cc1ccc(Br)cc1C(=O)NCc1cccnc1. The van der Waals surface area contributed by atoms with Crippen LogP contribution in [0.25, 0.3) is 0 Å². The molecule has 4 heteroatoms. The molecule has 1 aromatic carbocycles. The second kappa shape index (κ2) is 5.78. The first-order valence-corrected chi connectivity index (χ1v) is 6.39. The molecule has 0 unspecified atom stereocenters. The number of aromatic nitrogens is 1. The summed E-state index contributed by atoms with van der Waals surface area (Å²) in [6, 6.07) is 9.46. The monoisotopic (exact) mass is 304 g/mol. The molecule has 0 aliphatic carbocycles. The van der Waals surface area contributed by atoms with Gasteiger partial charge in [0.25, 0.3) is 5.91 Å². The van der Waals surface area contributed by atoms with Crippen molar-refractivity contribution < 1.29 is 4.79 Å². The Morgan fingerprint density at radius 2 is 2.22 bits per heavy atom. The number of benzene rings is 1. The van der Waals surface area contributed by atoms with Gasteiger partial charge in [0, 0.05) is 29.0 Å². The summed E-state index contributed by atoms with van der Waals surface area (Å²) in [4.78, 5) is 16.0. The lowest BCUT2D eigenvalue weighted by molar-refractivity contribution is 0.0950. The minimum absolute atomic E-state index is 0.0716. The number of aryl methyl sites for hydroxylation is 1. The van der Waals surface area contributed by atoms with E-state index in [0.717, 1.165) is 15.6 Å². The van der Waals surface area contributed by atoms with Crippen molar-refractivity contribution in [3.05, 3.63) is 63.9 Å². The largest absolute Gasteiger partial charge is 0.348 e. The van der Waals surface area contributed by atoms with E-state index >= 15 is 0 Å².